The first-order chi connectivity index (χ1) is 5.90. The molecule has 0 aromatic carbocycles. The average molecular weight is 208 g/mol. The zero-order chi connectivity index (χ0) is 10.5. The highest BCUT2D eigenvalue weighted by Gasteiger charge is 2.19. The highest BCUT2D eigenvalue weighted by atomic mass is 35.5. The Labute approximate surface area is 84.9 Å². The molecule has 0 fully saturated rings. The van der Waals surface area contributed by atoms with Crippen LogP contribution in [-0.2, 0) is 9.53 Å². The summed E-state index contributed by atoms with van der Waals surface area (Å²) >= 11 is 5.36. The molecule has 78 valence electrons. The van der Waals surface area contributed by atoms with Gasteiger partial charge < -0.3 is 4.74 Å². The molecular formula is C9H18ClNO2. The maximum Gasteiger partial charge on any atom is 0.324 e. The number of halogens is 1. The van der Waals surface area contributed by atoms with Gasteiger partial charge in [-0.15, -0.1) is 0 Å². The van der Waals surface area contributed by atoms with Gasteiger partial charge in [-0.3, -0.25) is 4.79 Å². The Hall–Kier alpha value is -0.280. The van der Waals surface area contributed by atoms with E-state index >= 15 is 0 Å². The first kappa shape index (κ1) is 12.7. The lowest BCUT2D eigenvalue weighted by molar-refractivity contribution is -0.148. The van der Waals surface area contributed by atoms with Crippen molar-refractivity contribution in [3.05, 3.63) is 0 Å². The van der Waals surface area contributed by atoms with E-state index in [0.29, 0.717) is 13.0 Å². The standard InChI is InChI=1S/C9H18ClNO2/c1-5-7(11-10)8(12)13-6-9(2,3)4/h7,11H,5-6H2,1-4H3/t7-/m0/s1. The van der Waals surface area contributed by atoms with Crippen LogP contribution in [0.25, 0.3) is 0 Å². The largest absolute Gasteiger partial charge is 0.464 e. The second kappa shape index (κ2) is 5.45. The van der Waals surface area contributed by atoms with Crippen LogP contribution in [0, 0.1) is 5.41 Å². The van der Waals surface area contributed by atoms with Crippen molar-refractivity contribution in [2.45, 2.75) is 40.2 Å². The van der Waals surface area contributed by atoms with E-state index in [9.17, 15) is 4.79 Å². The molecule has 0 heterocycles. The molecule has 0 aromatic heterocycles. The van der Waals surface area contributed by atoms with Crippen LogP contribution in [0.3, 0.4) is 0 Å². The zero-order valence-corrected chi connectivity index (χ0v) is 9.44. The Balaban J connectivity index is 3.86. The Morgan fingerprint density at radius 2 is 2.08 bits per heavy atom. The van der Waals surface area contributed by atoms with Gasteiger partial charge in [-0.05, 0) is 23.6 Å². The summed E-state index contributed by atoms with van der Waals surface area (Å²) in [5.41, 5.74) is 0.000262. The van der Waals surface area contributed by atoms with Crippen molar-refractivity contribution in [1.29, 1.82) is 0 Å². The summed E-state index contributed by atoms with van der Waals surface area (Å²) < 4.78 is 5.06. The third kappa shape index (κ3) is 5.88. The SMILES string of the molecule is CC[C@H](NCl)C(=O)OCC(C)(C)C. The number of carbonyl (C=O) groups is 1. The van der Waals surface area contributed by atoms with Crippen molar-refractivity contribution >= 4 is 17.7 Å². The highest BCUT2D eigenvalue weighted by Crippen LogP contribution is 2.13. The summed E-state index contributed by atoms with van der Waals surface area (Å²) in [5, 5.41) is 0. The monoisotopic (exact) mass is 207 g/mol. The molecule has 0 saturated heterocycles. The maximum atomic E-state index is 11.3. The van der Waals surface area contributed by atoms with Gasteiger partial charge in [0.15, 0.2) is 0 Å². The fraction of sp³-hybridized carbons (Fsp3) is 0.889. The van der Waals surface area contributed by atoms with E-state index < -0.39 is 6.04 Å². The van der Waals surface area contributed by atoms with E-state index in [2.05, 4.69) is 4.84 Å². The number of carbonyl (C=O) groups excluding carboxylic acids is 1. The topological polar surface area (TPSA) is 38.3 Å². The van der Waals surface area contributed by atoms with Crippen molar-refractivity contribution in [2.24, 2.45) is 5.41 Å². The number of hydrogen-bond acceptors (Lipinski definition) is 3. The van der Waals surface area contributed by atoms with Gasteiger partial charge in [0, 0.05) is 0 Å². The number of hydrogen-bond donors (Lipinski definition) is 1. The van der Waals surface area contributed by atoms with Crippen molar-refractivity contribution in [2.75, 3.05) is 6.61 Å². The fourth-order valence-corrected chi connectivity index (χ4v) is 0.920. The van der Waals surface area contributed by atoms with E-state index in [1.165, 1.54) is 0 Å². The normalized spacial score (nSPS) is 13.9. The van der Waals surface area contributed by atoms with Crippen molar-refractivity contribution in [1.82, 2.24) is 4.84 Å². The molecule has 0 radical (unpaired) electrons. The highest BCUT2D eigenvalue weighted by molar-refractivity contribution is 6.14. The predicted octanol–water partition coefficient (Wildman–Crippen LogP) is 2.10. The van der Waals surface area contributed by atoms with E-state index in [1.807, 2.05) is 27.7 Å². The van der Waals surface area contributed by atoms with Gasteiger partial charge in [0.2, 0.25) is 0 Å². The van der Waals surface area contributed by atoms with Gasteiger partial charge in [0.1, 0.15) is 6.04 Å². The molecule has 0 unspecified atom stereocenters. The maximum absolute atomic E-state index is 11.3. The van der Waals surface area contributed by atoms with Crippen LogP contribution in [0.1, 0.15) is 34.1 Å². The molecule has 4 heteroatoms. The summed E-state index contributed by atoms with van der Waals surface area (Å²) in [6, 6.07) is -0.399. The van der Waals surface area contributed by atoms with Crippen molar-refractivity contribution in [3.63, 3.8) is 0 Å². The Bertz CT molecular complexity index is 161. The number of nitrogens with one attached hydrogen (secondary N) is 1. The molecular weight excluding hydrogens is 190 g/mol. The molecule has 0 aromatic rings. The van der Waals surface area contributed by atoms with Crippen LogP contribution in [0.2, 0.25) is 0 Å². The molecule has 0 aliphatic heterocycles. The van der Waals surface area contributed by atoms with Crippen molar-refractivity contribution in [3.8, 4) is 0 Å². The second-order valence-corrected chi connectivity index (χ2v) is 4.46. The van der Waals surface area contributed by atoms with E-state index in [-0.39, 0.29) is 11.4 Å². The van der Waals surface area contributed by atoms with Gasteiger partial charge in [0.25, 0.3) is 0 Å². The second-order valence-electron chi connectivity index (χ2n) is 4.24. The summed E-state index contributed by atoms with van der Waals surface area (Å²) in [4.78, 5) is 13.7. The molecule has 0 saturated carbocycles. The first-order valence-corrected chi connectivity index (χ1v) is 4.81. The number of rotatable bonds is 4. The quantitative estimate of drug-likeness (QED) is 0.567. The molecule has 13 heavy (non-hydrogen) atoms. The molecule has 0 aliphatic rings. The van der Waals surface area contributed by atoms with E-state index in [4.69, 9.17) is 16.5 Å². The smallest absolute Gasteiger partial charge is 0.324 e. The molecule has 0 amide bonds. The van der Waals surface area contributed by atoms with Crippen LogP contribution in [0.15, 0.2) is 0 Å². The van der Waals surface area contributed by atoms with Gasteiger partial charge in [-0.2, -0.15) is 0 Å². The molecule has 0 aliphatic carbocycles. The zero-order valence-electron chi connectivity index (χ0n) is 8.69. The van der Waals surface area contributed by atoms with E-state index in [1.54, 1.807) is 0 Å². The minimum absolute atomic E-state index is 0.000262. The van der Waals surface area contributed by atoms with E-state index in [0.717, 1.165) is 0 Å². The molecule has 1 atom stereocenters. The molecule has 0 spiro atoms. The van der Waals surface area contributed by atoms with Crippen molar-refractivity contribution < 1.29 is 9.53 Å². The molecule has 0 bridgehead atoms. The summed E-state index contributed by atoms with van der Waals surface area (Å²) in [6.45, 7) is 8.32. The minimum atomic E-state index is -0.399. The fourth-order valence-electron chi connectivity index (χ4n) is 0.677. The molecule has 0 rings (SSSR count). The van der Waals surface area contributed by atoms with Gasteiger partial charge >= 0.3 is 5.97 Å². The summed E-state index contributed by atoms with van der Waals surface area (Å²) in [7, 11) is 0. The predicted molar refractivity (Wildman–Crippen MR) is 53.5 cm³/mol. The minimum Gasteiger partial charge on any atom is -0.464 e. The molecule has 1 N–H and O–H groups in total. The lowest BCUT2D eigenvalue weighted by atomic mass is 9.99. The van der Waals surface area contributed by atoms with Gasteiger partial charge in [-0.1, -0.05) is 27.7 Å². The van der Waals surface area contributed by atoms with Gasteiger partial charge in [-0.25, -0.2) is 4.84 Å². The van der Waals surface area contributed by atoms with Crippen LogP contribution >= 0.6 is 11.8 Å². The third-order valence-electron chi connectivity index (χ3n) is 1.47. The lowest BCUT2D eigenvalue weighted by Gasteiger charge is -2.19. The lowest BCUT2D eigenvalue weighted by Crippen LogP contribution is -2.33. The molecule has 3 nitrogen and oxygen atoms in total. The Morgan fingerprint density at radius 3 is 2.38 bits per heavy atom. The van der Waals surface area contributed by atoms with Crippen LogP contribution in [0.5, 0.6) is 0 Å². The number of esters is 1. The van der Waals surface area contributed by atoms with Gasteiger partial charge in [0.05, 0.1) is 6.61 Å². The summed E-state index contributed by atoms with van der Waals surface area (Å²) in [6.07, 6.45) is 0.631. The van der Waals surface area contributed by atoms with Crippen LogP contribution in [-0.4, -0.2) is 18.6 Å². The third-order valence-corrected chi connectivity index (χ3v) is 1.74. The summed E-state index contributed by atoms with van der Waals surface area (Å²) in [5.74, 6) is -0.285. The Kier molecular flexibility index (Phi) is 5.33. The average Bonchev–Trinajstić information content (AvgIpc) is 2.02. The van der Waals surface area contributed by atoms with Crippen LogP contribution in [0.4, 0.5) is 0 Å². The Morgan fingerprint density at radius 1 is 1.54 bits per heavy atom. The first-order valence-electron chi connectivity index (χ1n) is 4.43. The van der Waals surface area contributed by atoms with Crippen LogP contribution < -0.4 is 4.84 Å². The number of ether oxygens (including phenoxy) is 1.